The number of carboxylic acid groups (broad SMARTS) is 2. The van der Waals surface area contributed by atoms with Crippen LogP contribution in [0.2, 0.25) is 0 Å². The number of alkyl halides is 3. The third-order valence-electron chi connectivity index (χ3n) is 4.90. The van der Waals surface area contributed by atoms with Gasteiger partial charge in [0.15, 0.2) is 11.5 Å². The van der Waals surface area contributed by atoms with Crippen LogP contribution >= 0.6 is 0 Å². The Balaban J connectivity index is 1.58. The summed E-state index contributed by atoms with van der Waals surface area (Å²) in [7, 11) is 0. The van der Waals surface area contributed by atoms with Crippen LogP contribution in [0.3, 0.4) is 0 Å². The summed E-state index contributed by atoms with van der Waals surface area (Å²) in [5, 5.41) is 31.6. The maximum atomic E-state index is 12.6. The van der Waals surface area contributed by atoms with Gasteiger partial charge in [-0.15, -0.1) is 0 Å². The number of halogens is 3. The average molecular weight is 455 g/mol. The highest BCUT2D eigenvalue weighted by Crippen LogP contribution is 2.40. The number of nitrogens with one attached hydrogen (secondary N) is 1. The highest BCUT2D eigenvalue weighted by atomic mass is 19.4. The van der Waals surface area contributed by atoms with Gasteiger partial charge in [-0.2, -0.15) is 13.2 Å². The molecule has 3 rings (SSSR count). The van der Waals surface area contributed by atoms with Gasteiger partial charge in [0.25, 0.3) is 0 Å². The Morgan fingerprint density at radius 1 is 1.03 bits per heavy atom. The van der Waals surface area contributed by atoms with E-state index in [1.54, 1.807) is 6.07 Å². The Kier molecular flexibility index (Phi) is 6.33. The number of carboxylic acids is 2. The predicted octanol–water partition coefficient (Wildman–Crippen LogP) is 2.60. The number of rotatable bonds is 8. The normalized spacial score (nSPS) is 16.4. The standard InChI is InChI=1S/C21H20F3NO7/c1-11(25-10-15(26)13-3-5-14(6-4-13)21(22,23)24)8-12-2-7-16-17(9-12)32-20(31-16,18(27)28)19(29)30/h2-7,9,11,15,25-26H,8,10H2,1H3,(H,27,28)(H,29,30). The summed E-state index contributed by atoms with van der Waals surface area (Å²) in [6.07, 6.45) is -5.07. The lowest BCUT2D eigenvalue weighted by molar-refractivity contribution is -0.194. The van der Waals surface area contributed by atoms with Crippen molar-refractivity contribution in [1.29, 1.82) is 0 Å². The second-order valence-electron chi connectivity index (χ2n) is 7.36. The van der Waals surface area contributed by atoms with Gasteiger partial charge in [0, 0.05) is 12.6 Å². The molecule has 0 aliphatic carbocycles. The van der Waals surface area contributed by atoms with Gasteiger partial charge in [-0.05, 0) is 48.7 Å². The van der Waals surface area contributed by atoms with Crippen LogP contribution in [0.5, 0.6) is 11.5 Å². The van der Waals surface area contributed by atoms with Crippen molar-refractivity contribution in [2.45, 2.75) is 37.5 Å². The molecule has 4 N–H and O–H groups in total. The number of aliphatic hydroxyl groups excluding tert-OH is 1. The maximum absolute atomic E-state index is 12.6. The first-order valence-electron chi connectivity index (χ1n) is 9.48. The molecule has 32 heavy (non-hydrogen) atoms. The molecule has 0 saturated heterocycles. The molecule has 1 heterocycles. The van der Waals surface area contributed by atoms with Crippen LogP contribution in [0.1, 0.15) is 29.7 Å². The van der Waals surface area contributed by atoms with Crippen LogP contribution < -0.4 is 14.8 Å². The molecule has 172 valence electrons. The van der Waals surface area contributed by atoms with E-state index >= 15 is 0 Å². The lowest BCUT2D eigenvalue weighted by Crippen LogP contribution is -2.54. The summed E-state index contributed by atoms with van der Waals surface area (Å²) in [5.74, 6) is -6.47. The summed E-state index contributed by atoms with van der Waals surface area (Å²) >= 11 is 0. The van der Waals surface area contributed by atoms with Gasteiger partial charge in [-0.25, -0.2) is 9.59 Å². The van der Waals surface area contributed by atoms with Crippen molar-refractivity contribution < 1.29 is 47.6 Å². The third-order valence-corrected chi connectivity index (χ3v) is 4.90. The quantitative estimate of drug-likeness (QED) is 0.448. The average Bonchev–Trinajstić information content (AvgIpc) is 3.12. The molecule has 0 aromatic heterocycles. The molecule has 2 atom stereocenters. The van der Waals surface area contributed by atoms with Crippen molar-refractivity contribution in [2.24, 2.45) is 0 Å². The third kappa shape index (κ3) is 4.78. The molecule has 0 fully saturated rings. The summed E-state index contributed by atoms with van der Waals surface area (Å²) in [6, 6.07) is 8.54. The van der Waals surface area contributed by atoms with E-state index in [-0.39, 0.29) is 24.1 Å². The van der Waals surface area contributed by atoms with E-state index in [1.807, 2.05) is 6.92 Å². The van der Waals surface area contributed by atoms with Crippen LogP contribution in [0.4, 0.5) is 13.2 Å². The highest BCUT2D eigenvalue weighted by molar-refractivity contribution is 6.01. The summed E-state index contributed by atoms with van der Waals surface area (Å²) in [4.78, 5) is 22.6. The number of aliphatic hydroxyl groups is 1. The van der Waals surface area contributed by atoms with E-state index in [1.165, 1.54) is 24.3 Å². The number of benzene rings is 2. The molecule has 1 aliphatic heterocycles. The molecule has 1 aliphatic rings. The molecule has 11 heteroatoms. The second kappa shape index (κ2) is 8.67. The minimum atomic E-state index is -4.45. The zero-order valence-electron chi connectivity index (χ0n) is 16.7. The number of aliphatic carboxylic acids is 2. The van der Waals surface area contributed by atoms with Gasteiger partial charge in [-0.3, -0.25) is 0 Å². The molecular formula is C21H20F3NO7. The molecule has 0 saturated carbocycles. The van der Waals surface area contributed by atoms with E-state index < -0.39 is 35.6 Å². The molecule has 0 radical (unpaired) electrons. The van der Waals surface area contributed by atoms with E-state index in [4.69, 9.17) is 9.47 Å². The van der Waals surface area contributed by atoms with Gasteiger partial charge in [0.1, 0.15) is 0 Å². The Bertz CT molecular complexity index is 993. The van der Waals surface area contributed by atoms with Crippen molar-refractivity contribution in [1.82, 2.24) is 5.32 Å². The molecule has 2 unspecified atom stereocenters. The summed E-state index contributed by atoms with van der Waals surface area (Å²) in [5.41, 5.74) is 0.217. The van der Waals surface area contributed by atoms with E-state index in [9.17, 15) is 38.1 Å². The Hall–Kier alpha value is -3.31. The first-order valence-corrected chi connectivity index (χ1v) is 9.48. The van der Waals surface area contributed by atoms with Crippen LogP contribution in [-0.4, -0.2) is 45.6 Å². The van der Waals surface area contributed by atoms with E-state index in [2.05, 4.69) is 5.32 Å². The first-order chi connectivity index (χ1) is 14.9. The molecule has 0 bridgehead atoms. The predicted molar refractivity (Wildman–Crippen MR) is 103 cm³/mol. The fourth-order valence-corrected chi connectivity index (χ4v) is 3.19. The molecule has 2 aromatic carbocycles. The van der Waals surface area contributed by atoms with Gasteiger partial charge in [0.05, 0.1) is 11.7 Å². The topological polar surface area (TPSA) is 125 Å². The minimum Gasteiger partial charge on any atom is -0.475 e. The summed E-state index contributed by atoms with van der Waals surface area (Å²) in [6.45, 7) is 1.89. The van der Waals surface area contributed by atoms with Gasteiger partial charge in [0.2, 0.25) is 0 Å². The van der Waals surface area contributed by atoms with Crippen LogP contribution in [0.15, 0.2) is 42.5 Å². The largest absolute Gasteiger partial charge is 0.475 e. The zero-order chi connectivity index (χ0) is 23.7. The SMILES string of the molecule is CC(Cc1ccc2c(c1)OC(C(=O)O)(C(=O)O)O2)NCC(O)c1ccc(C(F)(F)F)cc1. The molecule has 2 aromatic rings. The smallest absolute Gasteiger partial charge is 0.453 e. The second-order valence-corrected chi connectivity index (χ2v) is 7.36. The van der Waals surface area contributed by atoms with E-state index in [0.717, 1.165) is 12.1 Å². The molecular weight excluding hydrogens is 435 g/mol. The Labute approximate surface area is 180 Å². The van der Waals surface area contributed by atoms with Crippen molar-refractivity contribution in [3.05, 3.63) is 59.2 Å². The number of hydrogen-bond acceptors (Lipinski definition) is 6. The fraction of sp³-hybridized carbons (Fsp3) is 0.333. The molecule has 8 nitrogen and oxygen atoms in total. The van der Waals surface area contributed by atoms with Crippen molar-refractivity contribution in [2.75, 3.05) is 6.54 Å². The Morgan fingerprint density at radius 2 is 1.62 bits per heavy atom. The number of hydrogen-bond donors (Lipinski definition) is 4. The van der Waals surface area contributed by atoms with Crippen molar-refractivity contribution >= 4 is 11.9 Å². The maximum Gasteiger partial charge on any atom is 0.453 e. The molecule has 0 spiro atoms. The lowest BCUT2D eigenvalue weighted by atomic mass is 10.0. The Morgan fingerprint density at radius 3 is 2.19 bits per heavy atom. The van der Waals surface area contributed by atoms with Gasteiger partial charge < -0.3 is 30.1 Å². The highest BCUT2D eigenvalue weighted by Gasteiger charge is 2.57. The monoisotopic (exact) mass is 455 g/mol. The minimum absolute atomic E-state index is 0.0168. The van der Waals surface area contributed by atoms with Crippen LogP contribution in [0.25, 0.3) is 0 Å². The van der Waals surface area contributed by atoms with Crippen molar-refractivity contribution in [3.63, 3.8) is 0 Å². The zero-order valence-corrected chi connectivity index (χ0v) is 16.7. The van der Waals surface area contributed by atoms with Crippen molar-refractivity contribution in [3.8, 4) is 11.5 Å². The first kappa shape index (κ1) is 23.4. The molecule has 0 amide bonds. The van der Waals surface area contributed by atoms with Crippen LogP contribution in [0, 0.1) is 0 Å². The fourth-order valence-electron chi connectivity index (χ4n) is 3.19. The summed E-state index contributed by atoms with van der Waals surface area (Å²) < 4.78 is 48.0. The number of carbonyl (C=O) groups is 2. The number of ether oxygens (including phenoxy) is 2. The lowest BCUT2D eigenvalue weighted by Gasteiger charge is -2.18. The van der Waals surface area contributed by atoms with Gasteiger partial charge >= 0.3 is 23.9 Å². The number of fused-ring (bicyclic) bond motifs is 1. The van der Waals surface area contributed by atoms with E-state index in [0.29, 0.717) is 17.5 Å². The van der Waals surface area contributed by atoms with Gasteiger partial charge in [-0.1, -0.05) is 18.2 Å². The van der Waals surface area contributed by atoms with Crippen LogP contribution in [-0.2, 0) is 22.2 Å².